The van der Waals surface area contributed by atoms with Crippen LogP contribution in [0.5, 0.6) is 5.75 Å². The summed E-state index contributed by atoms with van der Waals surface area (Å²) in [7, 11) is 1.59. The summed E-state index contributed by atoms with van der Waals surface area (Å²) < 4.78 is 3.34. The first-order valence-corrected chi connectivity index (χ1v) is 10.4. The van der Waals surface area contributed by atoms with Crippen molar-refractivity contribution >= 4 is 63.7 Å². The molecule has 0 aliphatic carbocycles. The third-order valence-electron chi connectivity index (χ3n) is 3.76. The number of nitrogens with one attached hydrogen (secondary N) is 3. The number of unbranched alkanes of at least 4 members (excludes halogenated alkanes) is 4. The molecule has 0 bridgehead atoms. The van der Waals surface area contributed by atoms with Crippen LogP contribution in [0.3, 0.4) is 0 Å². The van der Waals surface area contributed by atoms with Gasteiger partial charge in [-0.15, -0.1) is 0 Å². The molecule has 0 unspecified atom stereocenters. The highest BCUT2D eigenvalue weighted by atomic mass is 35.6. The number of ether oxygens (including phenoxy) is 1. The lowest BCUT2D eigenvalue weighted by atomic mass is 10.1. The van der Waals surface area contributed by atoms with Crippen molar-refractivity contribution in [3.05, 3.63) is 24.3 Å². The zero-order valence-corrected chi connectivity index (χ0v) is 18.6. The number of amides is 1. The number of halogens is 3. The van der Waals surface area contributed by atoms with E-state index in [1.165, 1.54) is 6.42 Å². The Bertz CT molecular complexity index is 595. The Hall–Kier alpha value is -0.950. The molecular formula is C18H26Cl3N3O2S. The number of hydrogen-bond acceptors (Lipinski definition) is 3. The van der Waals surface area contributed by atoms with E-state index in [9.17, 15) is 4.79 Å². The van der Waals surface area contributed by atoms with Gasteiger partial charge in [-0.2, -0.15) is 0 Å². The largest absolute Gasteiger partial charge is 0.497 e. The molecule has 0 heterocycles. The van der Waals surface area contributed by atoms with Crippen molar-refractivity contribution in [3.63, 3.8) is 0 Å². The minimum Gasteiger partial charge on any atom is -0.497 e. The van der Waals surface area contributed by atoms with E-state index in [1.807, 2.05) is 0 Å². The summed E-state index contributed by atoms with van der Waals surface area (Å²) in [5, 5.41) is 8.72. The van der Waals surface area contributed by atoms with Crippen molar-refractivity contribution in [1.29, 1.82) is 0 Å². The number of alkyl halides is 3. The lowest BCUT2D eigenvalue weighted by molar-refractivity contribution is -0.122. The summed E-state index contributed by atoms with van der Waals surface area (Å²) in [5.41, 5.74) is 0.735. The molecule has 27 heavy (non-hydrogen) atoms. The van der Waals surface area contributed by atoms with Crippen LogP contribution in [0, 0.1) is 0 Å². The van der Waals surface area contributed by atoms with Crippen LogP contribution in [0.15, 0.2) is 24.3 Å². The molecule has 1 rings (SSSR count). The van der Waals surface area contributed by atoms with Crippen LogP contribution in [0.25, 0.3) is 0 Å². The monoisotopic (exact) mass is 453 g/mol. The molecule has 152 valence electrons. The first-order chi connectivity index (χ1) is 12.8. The van der Waals surface area contributed by atoms with Crippen molar-refractivity contribution in [3.8, 4) is 5.75 Å². The normalized spacial score (nSPS) is 12.2. The van der Waals surface area contributed by atoms with Gasteiger partial charge in [-0.05, 0) is 42.9 Å². The summed E-state index contributed by atoms with van der Waals surface area (Å²) >= 11 is 23.2. The number of hydrogen-bond donors (Lipinski definition) is 3. The Morgan fingerprint density at radius 3 is 2.30 bits per heavy atom. The Labute approximate surface area is 181 Å². The van der Waals surface area contributed by atoms with E-state index >= 15 is 0 Å². The van der Waals surface area contributed by atoms with Gasteiger partial charge in [-0.25, -0.2) is 0 Å². The second kappa shape index (κ2) is 12.5. The molecule has 0 aliphatic heterocycles. The lowest BCUT2D eigenvalue weighted by Gasteiger charge is -2.27. The van der Waals surface area contributed by atoms with Crippen molar-refractivity contribution < 1.29 is 9.53 Å². The SMILES string of the molecule is CCCCCCCC(=O)N[C@H](NC(=S)Nc1ccc(OC)cc1)C(Cl)(Cl)Cl. The number of rotatable bonds is 10. The number of methoxy groups -OCH3 is 1. The minimum atomic E-state index is -1.76. The van der Waals surface area contributed by atoms with Crippen LogP contribution in [0.4, 0.5) is 5.69 Å². The fourth-order valence-electron chi connectivity index (χ4n) is 2.29. The number of anilines is 1. The van der Waals surface area contributed by atoms with Crippen molar-refractivity contribution in [2.45, 2.75) is 55.4 Å². The summed E-state index contributed by atoms with van der Waals surface area (Å²) in [6.07, 6.45) is 4.67. The summed E-state index contributed by atoms with van der Waals surface area (Å²) in [5.74, 6) is 0.535. The van der Waals surface area contributed by atoms with Crippen LogP contribution < -0.4 is 20.7 Å². The van der Waals surface area contributed by atoms with E-state index < -0.39 is 9.96 Å². The van der Waals surface area contributed by atoms with Gasteiger partial charge in [0.05, 0.1) is 7.11 Å². The Morgan fingerprint density at radius 2 is 1.74 bits per heavy atom. The minimum absolute atomic E-state index is 0.192. The molecule has 1 aromatic carbocycles. The average Bonchev–Trinajstić information content (AvgIpc) is 2.61. The van der Waals surface area contributed by atoms with Gasteiger partial charge in [0.2, 0.25) is 9.70 Å². The molecule has 1 atom stereocenters. The fourth-order valence-corrected chi connectivity index (χ4v) is 2.86. The predicted octanol–water partition coefficient (Wildman–Crippen LogP) is 5.15. The maximum Gasteiger partial charge on any atom is 0.228 e. The number of thiocarbonyl (C=S) groups is 1. The molecule has 1 amide bonds. The lowest BCUT2D eigenvalue weighted by Crippen LogP contribution is -2.56. The maximum absolute atomic E-state index is 12.1. The van der Waals surface area contributed by atoms with Crippen molar-refractivity contribution in [2.24, 2.45) is 0 Å². The number of carbonyl (C=O) groups excluding carboxylic acids is 1. The molecule has 9 heteroatoms. The van der Waals surface area contributed by atoms with Gasteiger partial charge in [-0.3, -0.25) is 4.79 Å². The van der Waals surface area contributed by atoms with Gasteiger partial charge in [0, 0.05) is 12.1 Å². The second-order valence-electron chi connectivity index (χ2n) is 6.03. The highest BCUT2D eigenvalue weighted by Crippen LogP contribution is 2.29. The average molecular weight is 455 g/mol. The van der Waals surface area contributed by atoms with E-state index in [0.717, 1.165) is 37.1 Å². The molecule has 0 aromatic heterocycles. The molecule has 0 spiro atoms. The fraction of sp³-hybridized carbons (Fsp3) is 0.556. The van der Waals surface area contributed by atoms with Gasteiger partial charge in [0.25, 0.3) is 0 Å². The molecule has 0 saturated heterocycles. The van der Waals surface area contributed by atoms with Gasteiger partial charge in [0.1, 0.15) is 11.9 Å². The van der Waals surface area contributed by atoms with E-state index in [1.54, 1.807) is 31.4 Å². The zero-order valence-electron chi connectivity index (χ0n) is 15.5. The van der Waals surface area contributed by atoms with Crippen molar-refractivity contribution in [2.75, 3.05) is 12.4 Å². The van der Waals surface area contributed by atoms with Crippen molar-refractivity contribution in [1.82, 2.24) is 10.6 Å². The van der Waals surface area contributed by atoms with Crippen LogP contribution in [-0.2, 0) is 4.79 Å². The Kier molecular flexibility index (Phi) is 11.1. The number of benzene rings is 1. The smallest absolute Gasteiger partial charge is 0.228 e. The maximum atomic E-state index is 12.1. The summed E-state index contributed by atoms with van der Waals surface area (Å²) in [4.78, 5) is 12.1. The second-order valence-corrected chi connectivity index (χ2v) is 8.81. The third-order valence-corrected chi connectivity index (χ3v) is 4.64. The first-order valence-electron chi connectivity index (χ1n) is 8.84. The van der Waals surface area contributed by atoms with Gasteiger partial charge >= 0.3 is 0 Å². The summed E-state index contributed by atoms with van der Waals surface area (Å²) in [6.45, 7) is 2.15. The van der Waals surface area contributed by atoms with Crippen LogP contribution in [0.1, 0.15) is 45.4 Å². The van der Waals surface area contributed by atoms with E-state index in [0.29, 0.717) is 6.42 Å². The van der Waals surface area contributed by atoms with Crippen LogP contribution >= 0.6 is 47.0 Å². The third kappa shape index (κ3) is 10.2. The quantitative estimate of drug-likeness (QED) is 0.197. The molecule has 0 radical (unpaired) electrons. The standard InChI is InChI=1S/C18H26Cl3N3O2S/c1-3-4-5-6-7-8-15(25)23-16(18(19,20)21)24-17(27)22-13-9-11-14(26-2)12-10-13/h9-12,16H,3-8H2,1-2H3,(H,23,25)(H2,22,24,27)/t16-/m1/s1. The molecular weight excluding hydrogens is 429 g/mol. The first kappa shape index (κ1) is 24.1. The molecule has 0 aliphatic rings. The summed E-state index contributed by atoms with van der Waals surface area (Å²) in [6, 6.07) is 7.17. The molecule has 1 aromatic rings. The van der Waals surface area contributed by atoms with Gasteiger partial charge in [-0.1, -0.05) is 67.4 Å². The Balaban J connectivity index is 2.53. The number of carbonyl (C=O) groups is 1. The molecule has 3 N–H and O–H groups in total. The van der Waals surface area contributed by atoms with Gasteiger partial charge in [0.15, 0.2) is 5.11 Å². The topological polar surface area (TPSA) is 62.4 Å². The highest BCUT2D eigenvalue weighted by molar-refractivity contribution is 7.80. The molecule has 0 saturated carbocycles. The van der Waals surface area contributed by atoms with Crippen LogP contribution in [0.2, 0.25) is 0 Å². The van der Waals surface area contributed by atoms with Gasteiger partial charge < -0.3 is 20.7 Å². The van der Waals surface area contributed by atoms with E-state index in [-0.39, 0.29) is 11.0 Å². The highest BCUT2D eigenvalue weighted by Gasteiger charge is 2.34. The molecule has 5 nitrogen and oxygen atoms in total. The Morgan fingerprint density at radius 1 is 1.11 bits per heavy atom. The molecule has 0 fully saturated rings. The zero-order chi connectivity index (χ0) is 20.3. The van der Waals surface area contributed by atoms with E-state index in [2.05, 4.69) is 22.9 Å². The van der Waals surface area contributed by atoms with Crippen LogP contribution in [-0.4, -0.2) is 28.1 Å². The predicted molar refractivity (Wildman–Crippen MR) is 118 cm³/mol. The van der Waals surface area contributed by atoms with E-state index in [4.69, 9.17) is 51.8 Å².